The molecule has 0 aliphatic heterocycles. The monoisotopic (exact) mass is 290 g/mol. The molecule has 0 amide bonds. The first-order valence-electron chi connectivity index (χ1n) is 8.29. The molecule has 0 aromatic heterocycles. The quantitative estimate of drug-likeness (QED) is 0.772. The van der Waals surface area contributed by atoms with E-state index in [1.165, 1.54) is 29.8 Å². The fourth-order valence-corrected chi connectivity index (χ4v) is 3.09. The molecule has 0 bridgehead atoms. The van der Waals surface area contributed by atoms with Gasteiger partial charge in [-0.05, 0) is 38.3 Å². The van der Waals surface area contributed by atoms with Crippen molar-refractivity contribution in [3.8, 4) is 0 Å². The third-order valence-corrected chi connectivity index (χ3v) is 3.68. The lowest BCUT2D eigenvalue weighted by molar-refractivity contribution is 0.200. The Kier molecular flexibility index (Phi) is 7.41. The van der Waals surface area contributed by atoms with Crippen LogP contribution in [0.1, 0.15) is 50.4 Å². The molecule has 1 atom stereocenters. The second-order valence-electron chi connectivity index (χ2n) is 7.27. The number of hydrogen-bond acceptors (Lipinski definition) is 2. The molecule has 0 aliphatic carbocycles. The van der Waals surface area contributed by atoms with Crippen molar-refractivity contribution in [1.82, 2.24) is 10.2 Å². The minimum Gasteiger partial charge on any atom is -0.312 e. The van der Waals surface area contributed by atoms with Gasteiger partial charge in [0, 0.05) is 25.7 Å². The van der Waals surface area contributed by atoms with Crippen LogP contribution in [0.2, 0.25) is 0 Å². The average molecular weight is 290 g/mol. The fraction of sp³-hybridized carbons (Fsp3) is 0.684. The summed E-state index contributed by atoms with van der Waals surface area (Å²) in [4.78, 5) is 2.61. The van der Waals surface area contributed by atoms with Crippen LogP contribution in [0.4, 0.5) is 0 Å². The third-order valence-electron chi connectivity index (χ3n) is 3.68. The SMILES string of the molecule is CNC(CN(CC(C)C)CC(C)C)c1cc(C)cc(C)c1. The predicted molar refractivity (Wildman–Crippen MR) is 93.8 cm³/mol. The van der Waals surface area contributed by atoms with E-state index in [1.807, 2.05) is 0 Å². The van der Waals surface area contributed by atoms with Crippen molar-refractivity contribution in [2.75, 3.05) is 26.7 Å². The van der Waals surface area contributed by atoms with Gasteiger partial charge in [0.2, 0.25) is 0 Å². The van der Waals surface area contributed by atoms with Gasteiger partial charge in [-0.25, -0.2) is 0 Å². The van der Waals surface area contributed by atoms with Gasteiger partial charge < -0.3 is 10.2 Å². The Morgan fingerprint density at radius 1 is 0.857 bits per heavy atom. The normalized spacial score (nSPS) is 13.4. The maximum Gasteiger partial charge on any atom is 0.0447 e. The lowest BCUT2D eigenvalue weighted by atomic mass is 10.00. The van der Waals surface area contributed by atoms with Crippen LogP contribution in [0.15, 0.2) is 18.2 Å². The van der Waals surface area contributed by atoms with Gasteiger partial charge in [0.15, 0.2) is 0 Å². The fourth-order valence-electron chi connectivity index (χ4n) is 3.09. The van der Waals surface area contributed by atoms with Gasteiger partial charge in [-0.1, -0.05) is 57.0 Å². The van der Waals surface area contributed by atoms with Crippen LogP contribution in [-0.2, 0) is 0 Å². The number of likely N-dealkylation sites (N-methyl/N-ethyl adjacent to an activating group) is 1. The molecular weight excluding hydrogens is 256 g/mol. The van der Waals surface area contributed by atoms with Crippen molar-refractivity contribution >= 4 is 0 Å². The van der Waals surface area contributed by atoms with Crippen molar-refractivity contribution in [2.45, 2.75) is 47.6 Å². The summed E-state index contributed by atoms with van der Waals surface area (Å²) >= 11 is 0. The molecule has 1 aromatic rings. The van der Waals surface area contributed by atoms with E-state index in [4.69, 9.17) is 0 Å². The number of nitrogens with zero attached hydrogens (tertiary/aromatic N) is 1. The molecule has 0 saturated heterocycles. The Hall–Kier alpha value is -0.860. The Morgan fingerprint density at radius 3 is 1.71 bits per heavy atom. The topological polar surface area (TPSA) is 15.3 Å². The molecule has 2 nitrogen and oxygen atoms in total. The van der Waals surface area contributed by atoms with Gasteiger partial charge in [0.25, 0.3) is 0 Å². The van der Waals surface area contributed by atoms with Crippen molar-refractivity contribution in [2.24, 2.45) is 11.8 Å². The van der Waals surface area contributed by atoms with E-state index in [-0.39, 0.29) is 0 Å². The number of rotatable bonds is 8. The molecule has 0 aliphatic rings. The summed E-state index contributed by atoms with van der Waals surface area (Å²) in [6.07, 6.45) is 0. The van der Waals surface area contributed by atoms with E-state index >= 15 is 0 Å². The summed E-state index contributed by atoms with van der Waals surface area (Å²) in [5.74, 6) is 1.42. The average Bonchev–Trinajstić information content (AvgIpc) is 2.32. The van der Waals surface area contributed by atoms with Crippen molar-refractivity contribution < 1.29 is 0 Å². The van der Waals surface area contributed by atoms with E-state index in [9.17, 15) is 0 Å². The number of benzene rings is 1. The van der Waals surface area contributed by atoms with Crippen LogP contribution in [0.5, 0.6) is 0 Å². The molecule has 1 rings (SSSR count). The molecule has 1 aromatic carbocycles. The standard InChI is InChI=1S/C19H34N2/c1-14(2)11-21(12-15(3)4)13-19(20-7)18-9-16(5)8-17(6)10-18/h8-10,14-15,19-20H,11-13H2,1-7H3. The van der Waals surface area contributed by atoms with Crippen LogP contribution in [-0.4, -0.2) is 31.6 Å². The van der Waals surface area contributed by atoms with Gasteiger partial charge in [0.1, 0.15) is 0 Å². The third kappa shape index (κ3) is 6.62. The summed E-state index contributed by atoms with van der Waals surface area (Å²) in [6, 6.07) is 7.28. The summed E-state index contributed by atoms with van der Waals surface area (Å²) in [7, 11) is 2.07. The molecule has 2 heteroatoms. The number of aryl methyl sites for hydroxylation is 2. The van der Waals surface area contributed by atoms with Crippen LogP contribution in [0.25, 0.3) is 0 Å². The Morgan fingerprint density at radius 2 is 1.33 bits per heavy atom. The van der Waals surface area contributed by atoms with Gasteiger partial charge >= 0.3 is 0 Å². The van der Waals surface area contributed by atoms with Gasteiger partial charge in [-0.2, -0.15) is 0 Å². The zero-order chi connectivity index (χ0) is 16.0. The zero-order valence-corrected chi connectivity index (χ0v) is 15.0. The summed E-state index contributed by atoms with van der Waals surface area (Å²) in [5.41, 5.74) is 4.11. The van der Waals surface area contributed by atoms with E-state index in [2.05, 4.69) is 77.0 Å². The largest absolute Gasteiger partial charge is 0.312 e. The van der Waals surface area contributed by atoms with Gasteiger partial charge in [-0.3, -0.25) is 0 Å². The smallest absolute Gasteiger partial charge is 0.0447 e. The van der Waals surface area contributed by atoms with Crippen molar-refractivity contribution in [1.29, 1.82) is 0 Å². The molecule has 1 N–H and O–H groups in total. The van der Waals surface area contributed by atoms with Crippen LogP contribution >= 0.6 is 0 Å². The minimum atomic E-state index is 0.404. The highest BCUT2D eigenvalue weighted by Crippen LogP contribution is 2.19. The Balaban J connectivity index is 2.86. The molecule has 0 saturated carbocycles. The van der Waals surface area contributed by atoms with E-state index in [0.29, 0.717) is 17.9 Å². The van der Waals surface area contributed by atoms with Crippen molar-refractivity contribution in [3.05, 3.63) is 34.9 Å². The lowest BCUT2D eigenvalue weighted by Crippen LogP contribution is -2.38. The summed E-state index contributed by atoms with van der Waals surface area (Å²) < 4.78 is 0. The lowest BCUT2D eigenvalue weighted by Gasteiger charge is -2.30. The number of nitrogens with one attached hydrogen (secondary N) is 1. The molecule has 0 heterocycles. The highest BCUT2D eigenvalue weighted by molar-refractivity contribution is 5.30. The Labute approximate surface area is 131 Å². The second-order valence-corrected chi connectivity index (χ2v) is 7.27. The first-order chi connectivity index (χ1) is 9.81. The maximum absolute atomic E-state index is 3.51. The second kappa shape index (κ2) is 8.55. The van der Waals surface area contributed by atoms with E-state index in [0.717, 1.165) is 6.54 Å². The van der Waals surface area contributed by atoms with E-state index in [1.54, 1.807) is 0 Å². The molecule has 0 radical (unpaired) electrons. The van der Waals surface area contributed by atoms with Crippen LogP contribution < -0.4 is 5.32 Å². The van der Waals surface area contributed by atoms with Crippen LogP contribution in [0, 0.1) is 25.7 Å². The molecular formula is C19H34N2. The highest BCUT2D eigenvalue weighted by Gasteiger charge is 2.17. The van der Waals surface area contributed by atoms with Gasteiger partial charge in [0.05, 0.1) is 0 Å². The molecule has 120 valence electrons. The highest BCUT2D eigenvalue weighted by atomic mass is 15.1. The van der Waals surface area contributed by atoms with Gasteiger partial charge in [-0.15, -0.1) is 0 Å². The minimum absolute atomic E-state index is 0.404. The van der Waals surface area contributed by atoms with Crippen molar-refractivity contribution in [3.63, 3.8) is 0 Å². The zero-order valence-electron chi connectivity index (χ0n) is 15.0. The first kappa shape index (κ1) is 18.2. The summed E-state index contributed by atoms with van der Waals surface area (Å²) in [5, 5.41) is 3.51. The maximum atomic E-state index is 3.51. The first-order valence-corrected chi connectivity index (χ1v) is 8.29. The van der Waals surface area contributed by atoms with E-state index < -0.39 is 0 Å². The predicted octanol–water partition coefficient (Wildman–Crippen LogP) is 4.18. The van der Waals surface area contributed by atoms with Crippen LogP contribution in [0.3, 0.4) is 0 Å². The molecule has 0 spiro atoms. The molecule has 21 heavy (non-hydrogen) atoms. The Bertz CT molecular complexity index is 393. The summed E-state index contributed by atoms with van der Waals surface area (Å²) in [6.45, 7) is 17.0. The molecule has 1 unspecified atom stereocenters. The molecule has 0 fully saturated rings. The number of hydrogen-bond donors (Lipinski definition) is 1.